The third-order valence-electron chi connectivity index (χ3n) is 8.49. The van der Waals surface area contributed by atoms with Gasteiger partial charge < -0.3 is 64.7 Å². The molecule has 5 amide bonds. The maximum atomic E-state index is 13.4. The van der Waals surface area contributed by atoms with Crippen LogP contribution in [0.2, 0.25) is 0 Å². The lowest BCUT2D eigenvalue weighted by atomic mass is 9.86. The minimum absolute atomic E-state index is 0.0448. The lowest BCUT2D eigenvalue weighted by molar-refractivity contribution is -0.133. The summed E-state index contributed by atoms with van der Waals surface area (Å²) >= 11 is 0. The summed E-state index contributed by atoms with van der Waals surface area (Å²) in [6.45, 7) is 6.92. The highest BCUT2D eigenvalue weighted by Crippen LogP contribution is 2.56. The molecule has 1 saturated carbocycles. The van der Waals surface area contributed by atoms with E-state index in [1.807, 2.05) is 0 Å². The average molecular weight is 829 g/mol. The molecule has 1 rings (SSSR count). The first-order valence-corrected chi connectivity index (χ1v) is 20.3. The van der Waals surface area contributed by atoms with Gasteiger partial charge in [0.1, 0.15) is 12.1 Å². The predicted molar refractivity (Wildman–Crippen MR) is 201 cm³/mol. The maximum Gasteiger partial charge on any atom is 0.333 e. The molecule has 0 bridgehead atoms. The fourth-order valence-electron chi connectivity index (χ4n) is 5.15. The number of amides is 5. The van der Waals surface area contributed by atoms with Crippen LogP contribution in [0.1, 0.15) is 72.1 Å². The van der Waals surface area contributed by atoms with Crippen LogP contribution >= 0.6 is 7.60 Å². The van der Waals surface area contributed by atoms with Crippen LogP contribution in [0, 0.1) is 5.92 Å². The smallest absolute Gasteiger partial charge is 0.333 e. The van der Waals surface area contributed by atoms with Gasteiger partial charge >= 0.3 is 7.60 Å². The van der Waals surface area contributed by atoms with Gasteiger partial charge in [0.05, 0.1) is 70.7 Å². The number of carbonyl (C=O) groups excluding carboxylic acids is 5. The molecule has 0 aromatic rings. The van der Waals surface area contributed by atoms with E-state index in [9.17, 15) is 33.4 Å². The molecule has 1 fully saturated rings. The Balaban J connectivity index is 2.89. The van der Waals surface area contributed by atoms with Gasteiger partial charge in [-0.15, -0.1) is 0 Å². The molecule has 1 aliphatic carbocycles. The van der Waals surface area contributed by atoms with E-state index in [0.29, 0.717) is 25.7 Å². The zero-order chi connectivity index (χ0) is 41.8. The van der Waals surface area contributed by atoms with Crippen molar-refractivity contribution in [2.45, 2.75) is 95.5 Å². The summed E-state index contributed by atoms with van der Waals surface area (Å²) in [5.41, 5.74) is 0. The zero-order valence-electron chi connectivity index (χ0n) is 32.9. The largest absolute Gasteiger partial charge is 0.377 e. The highest BCUT2D eigenvalue weighted by molar-refractivity contribution is 7.54. The van der Waals surface area contributed by atoms with Crippen LogP contribution in [-0.2, 0) is 61.8 Å². The SMILES string of the molecule is CC(C)(C)P(=O)(O)OC1CCC(C(=O)NC(CCC(=O)NC(CCC(=O)NCCOCCON)C(=O)NCCOCCON)C(=O)NCCOCCON)CC1. The van der Waals surface area contributed by atoms with Gasteiger partial charge in [-0.1, -0.05) is 0 Å². The van der Waals surface area contributed by atoms with Gasteiger partial charge in [-0.25, -0.2) is 17.7 Å². The van der Waals surface area contributed by atoms with E-state index in [1.165, 1.54) is 0 Å². The standard InChI is InChI=1S/C33H65N8O14P/c1-33(2,3)56(47,48)55-25-6-4-24(5-7-25)30(44)41-27(32(46)39-14-17-51-20-23-54-36)9-11-29(43)40-26(31(45)38-13-16-50-19-22-53-35)8-10-28(42)37-12-15-49-18-21-52-34/h24-27H,4-23,34-36H2,1-3H3,(H,37,42)(H,38,45)(H,39,46)(H,40,43)(H,41,44)(H,47,48). The molecule has 0 heterocycles. The number of carbonyl (C=O) groups is 5. The lowest BCUT2D eigenvalue weighted by Crippen LogP contribution is -2.51. The summed E-state index contributed by atoms with van der Waals surface area (Å²) in [4.78, 5) is 89.1. The second kappa shape index (κ2) is 29.4. The number of rotatable bonds is 31. The van der Waals surface area contributed by atoms with Crippen molar-refractivity contribution in [3.8, 4) is 0 Å². The Morgan fingerprint density at radius 3 is 1.52 bits per heavy atom. The van der Waals surface area contributed by atoms with Gasteiger partial charge in [-0.05, 0) is 59.3 Å². The van der Waals surface area contributed by atoms with Crippen molar-refractivity contribution < 1.29 is 66.7 Å². The molecular formula is C33H65N8O14P. The van der Waals surface area contributed by atoms with Crippen molar-refractivity contribution >= 4 is 37.1 Å². The van der Waals surface area contributed by atoms with E-state index in [0.717, 1.165) is 0 Å². The fourth-order valence-corrected chi connectivity index (χ4v) is 6.08. The third-order valence-corrected chi connectivity index (χ3v) is 10.8. The van der Waals surface area contributed by atoms with E-state index < -0.39 is 60.5 Å². The average Bonchev–Trinajstić information content (AvgIpc) is 3.15. The van der Waals surface area contributed by atoms with E-state index in [1.54, 1.807) is 20.8 Å². The second-order valence-corrected chi connectivity index (χ2v) is 16.5. The second-order valence-electron chi connectivity index (χ2n) is 13.9. The monoisotopic (exact) mass is 828 g/mol. The van der Waals surface area contributed by atoms with Crippen LogP contribution in [0.4, 0.5) is 0 Å². The van der Waals surface area contributed by atoms with E-state index in [4.69, 9.17) is 36.4 Å². The molecule has 56 heavy (non-hydrogen) atoms. The van der Waals surface area contributed by atoms with Gasteiger partial charge in [-0.3, -0.25) is 28.5 Å². The van der Waals surface area contributed by atoms with Gasteiger partial charge in [0.25, 0.3) is 0 Å². The number of nitrogens with one attached hydrogen (secondary N) is 5. The molecule has 3 unspecified atom stereocenters. The molecule has 0 aromatic heterocycles. The van der Waals surface area contributed by atoms with Crippen molar-refractivity contribution in [2.75, 3.05) is 79.1 Å². The van der Waals surface area contributed by atoms with E-state index in [-0.39, 0.29) is 111 Å². The number of nitrogens with two attached hydrogens (primary N) is 3. The van der Waals surface area contributed by atoms with Crippen molar-refractivity contribution in [1.29, 1.82) is 0 Å². The number of hydrogen-bond acceptors (Lipinski definition) is 16. The molecule has 0 spiro atoms. The highest BCUT2D eigenvalue weighted by Gasteiger charge is 2.40. The maximum absolute atomic E-state index is 13.4. The van der Waals surface area contributed by atoms with Crippen molar-refractivity contribution in [3.63, 3.8) is 0 Å². The van der Waals surface area contributed by atoms with Crippen LogP contribution in [0.25, 0.3) is 0 Å². The van der Waals surface area contributed by atoms with Crippen LogP contribution in [-0.4, -0.2) is 137 Å². The van der Waals surface area contributed by atoms with Crippen molar-refractivity contribution in [2.24, 2.45) is 23.6 Å². The van der Waals surface area contributed by atoms with Gasteiger partial charge in [-0.2, -0.15) is 0 Å². The Morgan fingerprint density at radius 2 is 1.07 bits per heavy atom. The molecule has 0 saturated heterocycles. The van der Waals surface area contributed by atoms with Crippen LogP contribution < -0.4 is 44.3 Å². The number of ether oxygens (including phenoxy) is 3. The minimum atomic E-state index is -3.89. The Hall–Kier alpha value is -2.86. The summed E-state index contributed by atoms with van der Waals surface area (Å²) in [6, 6.07) is -2.24. The quantitative estimate of drug-likeness (QED) is 0.0210. The molecule has 3 atom stereocenters. The molecule has 22 nitrogen and oxygen atoms in total. The van der Waals surface area contributed by atoms with Crippen molar-refractivity contribution in [3.05, 3.63) is 0 Å². The zero-order valence-corrected chi connectivity index (χ0v) is 33.8. The summed E-state index contributed by atoms with van der Waals surface area (Å²) in [5.74, 6) is 11.9. The first-order chi connectivity index (χ1) is 26.6. The first-order valence-electron chi connectivity index (χ1n) is 18.8. The molecule has 12 N–H and O–H groups in total. The molecule has 326 valence electrons. The number of hydrogen-bond donors (Lipinski definition) is 9. The summed E-state index contributed by atoms with van der Waals surface area (Å²) < 4.78 is 34.1. The Bertz CT molecular complexity index is 1210. The molecule has 23 heteroatoms. The summed E-state index contributed by atoms with van der Waals surface area (Å²) in [7, 11) is -3.89. The lowest BCUT2D eigenvalue weighted by Gasteiger charge is -2.33. The Kier molecular flexibility index (Phi) is 26.8. The summed E-state index contributed by atoms with van der Waals surface area (Å²) in [5, 5.41) is 12.4. The molecule has 1 aliphatic rings. The van der Waals surface area contributed by atoms with Gasteiger partial charge in [0.15, 0.2) is 0 Å². The Labute approximate surface area is 328 Å². The predicted octanol–water partition coefficient (Wildman–Crippen LogP) is -1.86. The molecular weight excluding hydrogens is 763 g/mol. The minimum Gasteiger partial charge on any atom is -0.377 e. The fraction of sp³-hybridized carbons (Fsp3) is 0.848. The van der Waals surface area contributed by atoms with Crippen LogP contribution in [0.5, 0.6) is 0 Å². The van der Waals surface area contributed by atoms with Crippen LogP contribution in [0.15, 0.2) is 0 Å². The van der Waals surface area contributed by atoms with E-state index in [2.05, 4.69) is 41.1 Å². The molecule has 0 radical (unpaired) electrons. The third kappa shape index (κ3) is 22.8. The topological polar surface area (TPSA) is 325 Å². The first kappa shape index (κ1) is 51.2. The van der Waals surface area contributed by atoms with Gasteiger partial charge in [0.2, 0.25) is 29.5 Å². The normalized spacial score (nSPS) is 17.9. The van der Waals surface area contributed by atoms with Crippen molar-refractivity contribution in [1.82, 2.24) is 26.6 Å². The summed E-state index contributed by atoms with van der Waals surface area (Å²) in [6.07, 6.45) is 0.440. The molecule has 0 aromatic carbocycles. The van der Waals surface area contributed by atoms with Gasteiger partial charge in [0, 0.05) is 38.4 Å². The highest BCUT2D eigenvalue weighted by atomic mass is 31.2. The molecule has 0 aliphatic heterocycles. The van der Waals surface area contributed by atoms with Crippen LogP contribution in [0.3, 0.4) is 0 Å². The Morgan fingerprint density at radius 1 is 0.643 bits per heavy atom. The van der Waals surface area contributed by atoms with E-state index >= 15 is 0 Å².